The van der Waals surface area contributed by atoms with Gasteiger partial charge in [-0.2, -0.15) is 0 Å². The van der Waals surface area contributed by atoms with Gasteiger partial charge in [-0.25, -0.2) is 0 Å². The molecule has 0 aliphatic carbocycles. The number of hydrogen-bond donors (Lipinski definition) is 2. The summed E-state index contributed by atoms with van der Waals surface area (Å²) >= 11 is 0. The fourth-order valence-corrected chi connectivity index (χ4v) is 1.96. The molecule has 4 heteroatoms. The molecular weight excluding hydrogens is 242 g/mol. The van der Waals surface area contributed by atoms with E-state index in [4.69, 9.17) is 5.11 Å². The van der Waals surface area contributed by atoms with Gasteiger partial charge in [-0.05, 0) is 37.5 Å². The van der Waals surface area contributed by atoms with Crippen LogP contribution in [-0.4, -0.2) is 17.0 Å². The van der Waals surface area contributed by atoms with Crippen LogP contribution in [0.15, 0.2) is 18.2 Å². The van der Waals surface area contributed by atoms with Gasteiger partial charge in [0.15, 0.2) is 0 Å². The summed E-state index contributed by atoms with van der Waals surface area (Å²) in [5.41, 5.74) is 2.79. The summed E-state index contributed by atoms with van der Waals surface area (Å²) in [6, 6.07) is 5.80. The van der Waals surface area contributed by atoms with E-state index in [0.29, 0.717) is 6.42 Å². The molecule has 0 radical (unpaired) electrons. The SMILES string of the molecule is CCCC(CC(=O)Nc1cc(C)ccc1C)C(=O)O. The van der Waals surface area contributed by atoms with Gasteiger partial charge < -0.3 is 10.4 Å². The summed E-state index contributed by atoms with van der Waals surface area (Å²) in [6.45, 7) is 5.78. The number of benzene rings is 1. The van der Waals surface area contributed by atoms with Crippen LogP contribution in [0.4, 0.5) is 5.69 Å². The van der Waals surface area contributed by atoms with Crippen LogP contribution in [0.5, 0.6) is 0 Å². The zero-order chi connectivity index (χ0) is 14.4. The van der Waals surface area contributed by atoms with Crippen molar-refractivity contribution < 1.29 is 14.7 Å². The van der Waals surface area contributed by atoms with Crippen LogP contribution in [-0.2, 0) is 9.59 Å². The third-order valence-corrected chi connectivity index (χ3v) is 3.09. The first-order chi connectivity index (χ1) is 8.93. The van der Waals surface area contributed by atoms with Crippen molar-refractivity contribution in [3.05, 3.63) is 29.3 Å². The molecule has 0 saturated carbocycles. The van der Waals surface area contributed by atoms with Crippen molar-refractivity contribution in [2.24, 2.45) is 5.92 Å². The minimum absolute atomic E-state index is 0.0244. The van der Waals surface area contributed by atoms with Crippen LogP contribution in [0.1, 0.15) is 37.3 Å². The highest BCUT2D eigenvalue weighted by Crippen LogP contribution is 2.18. The van der Waals surface area contributed by atoms with Gasteiger partial charge in [-0.3, -0.25) is 9.59 Å². The standard InChI is InChI=1S/C15H21NO3/c1-4-5-12(15(18)19)9-14(17)16-13-8-10(2)6-7-11(13)3/h6-8,12H,4-5,9H2,1-3H3,(H,16,17)(H,18,19). The topological polar surface area (TPSA) is 66.4 Å². The maximum Gasteiger partial charge on any atom is 0.307 e. The third-order valence-electron chi connectivity index (χ3n) is 3.09. The molecule has 104 valence electrons. The first-order valence-electron chi connectivity index (χ1n) is 6.54. The van der Waals surface area contributed by atoms with Crippen molar-refractivity contribution in [1.82, 2.24) is 0 Å². The van der Waals surface area contributed by atoms with Crippen molar-refractivity contribution in [2.45, 2.75) is 40.0 Å². The molecule has 2 N–H and O–H groups in total. The molecule has 0 aliphatic heterocycles. The van der Waals surface area contributed by atoms with Crippen LogP contribution in [0.25, 0.3) is 0 Å². The molecule has 0 saturated heterocycles. The molecule has 19 heavy (non-hydrogen) atoms. The molecule has 0 aromatic heterocycles. The van der Waals surface area contributed by atoms with Gasteiger partial charge in [0.05, 0.1) is 5.92 Å². The van der Waals surface area contributed by atoms with E-state index in [-0.39, 0.29) is 12.3 Å². The number of carbonyl (C=O) groups is 2. The van der Waals surface area contributed by atoms with E-state index >= 15 is 0 Å². The number of anilines is 1. The quantitative estimate of drug-likeness (QED) is 0.828. The Hall–Kier alpha value is -1.84. The highest BCUT2D eigenvalue weighted by molar-refractivity contribution is 5.93. The minimum Gasteiger partial charge on any atom is -0.481 e. The molecule has 1 atom stereocenters. The third kappa shape index (κ3) is 4.73. The fourth-order valence-electron chi connectivity index (χ4n) is 1.96. The second-order valence-electron chi connectivity index (χ2n) is 4.89. The Bertz CT molecular complexity index is 468. The van der Waals surface area contributed by atoms with Crippen LogP contribution in [0, 0.1) is 19.8 Å². The lowest BCUT2D eigenvalue weighted by Crippen LogP contribution is -2.22. The van der Waals surface area contributed by atoms with Crippen molar-refractivity contribution in [2.75, 3.05) is 5.32 Å². The predicted octanol–water partition coefficient (Wildman–Crippen LogP) is 3.13. The van der Waals surface area contributed by atoms with Gasteiger partial charge in [-0.15, -0.1) is 0 Å². The van der Waals surface area contributed by atoms with E-state index in [9.17, 15) is 9.59 Å². The van der Waals surface area contributed by atoms with Crippen LogP contribution in [0.3, 0.4) is 0 Å². The second kappa shape index (κ2) is 6.92. The van der Waals surface area contributed by atoms with Crippen LogP contribution >= 0.6 is 0 Å². The van der Waals surface area contributed by atoms with E-state index in [1.807, 2.05) is 39.0 Å². The first kappa shape index (κ1) is 15.2. The fraction of sp³-hybridized carbons (Fsp3) is 0.467. The van der Waals surface area contributed by atoms with E-state index < -0.39 is 11.9 Å². The Morgan fingerprint density at radius 2 is 2.00 bits per heavy atom. The lowest BCUT2D eigenvalue weighted by molar-refractivity contribution is -0.143. The number of aryl methyl sites for hydroxylation is 2. The molecule has 0 heterocycles. The zero-order valence-corrected chi connectivity index (χ0v) is 11.7. The Morgan fingerprint density at radius 1 is 1.32 bits per heavy atom. The van der Waals surface area contributed by atoms with Gasteiger partial charge >= 0.3 is 5.97 Å². The first-order valence-corrected chi connectivity index (χ1v) is 6.54. The number of carbonyl (C=O) groups excluding carboxylic acids is 1. The number of hydrogen-bond acceptors (Lipinski definition) is 2. The van der Waals surface area contributed by atoms with E-state index in [1.165, 1.54) is 0 Å². The normalized spacial score (nSPS) is 11.9. The summed E-state index contributed by atoms with van der Waals surface area (Å²) in [5.74, 6) is -1.75. The molecule has 1 amide bonds. The lowest BCUT2D eigenvalue weighted by atomic mass is 9.99. The van der Waals surface area contributed by atoms with E-state index in [2.05, 4.69) is 5.32 Å². The zero-order valence-electron chi connectivity index (χ0n) is 11.7. The average molecular weight is 263 g/mol. The van der Waals surface area contributed by atoms with Gasteiger partial charge in [0.25, 0.3) is 0 Å². The van der Waals surface area contributed by atoms with E-state index in [1.54, 1.807) is 0 Å². The van der Waals surface area contributed by atoms with Crippen molar-refractivity contribution in [3.63, 3.8) is 0 Å². The molecule has 0 aliphatic rings. The highest BCUT2D eigenvalue weighted by Gasteiger charge is 2.20. The summed E-state index contributed by atoms with van der Waals surface area (Å²) < 4.78 is 0. The van der Waals surface area contributed by atoms with Gasteiger partial charge in [-0.1, -0.05) is 25.5 Å². The Kier molecular flexibility index (Phi) is 5.55. The van der Waals surface area contributed by atoms with Crippen molar-refractivity contribution >= 4 is 17.6 Å². The number of amides is 1. The van der Waals surface area contributed by atoms with Gasteiger partial charge in [0.2, 0.25) is 5.91 Å². The van der Waals surface area contributed by atoms with Crippen LogP contribution < -0.4 is 5.32 Å². The van der Waals surface area contributed by atoms with Gasteiger partial charge in [0, 0.05) is 12.1 Å². The maximum absolute atomic E-state index is 11.9. The Balaban J connectivity index is 2.68. The minimum atomic E-state index is -0.905. The number of carboxylic acids is 1. The molecule has 1 aromatic rings. The number of rotatable bonds is 6. The molecule has 4 nitrogen and oxygen atoms in total. The van der Waals surface area contributed by atoms with E-state index in [0.717, 1.165) is 23.2 Å². The molecule has 1 unspecified atom stereocenters. The number of nitrogens with one attached hydrogen (secondary N) is 1. The smallest absolute Gasteiger partial charge is 0.307 e. The van der Waals surface area contributed by atoms with Crippen molar-refractivity contribution in [1.29, 1.82) is 0 Å². The summed E-state index contributed by atoms with van der Waals surface area (Å²) in [4.78, 5) is 22.9. The Morgan fingerprint density at radius 3 is 2.58 bits per heavy atom. The maximum atomic E-state index is 11.9. The molecule has 0 bridgehead atoms. The molecule has 0 spiro atoms. The van der Waals surface area contributed by atoms with Gasteiger partial charge in [0.1, 0.15) is 0 Å². The number of carboxylic acid groups (broad SMARTS) is 1. The molecular formula is C15H21NO3. The summed E-state index contributed by atoms with van der Waals surface area (Å²) in [5, 5.41) is 11.8. The second-order valence-corrected chi connectivity index (χ2v) is 4.89. The molecule has 1 aromatic carbocycles. The largest absolute Gasteiger partial charge is 0.481 e. The summed E-state index contributed by atoms with van der Waals surface area (Å²) in [6.07, 6.45) is 1.31. The van der Waals surface area contributed by atoms with Crippen LogP contribution in [0.2, 0.25) is 0 Å². The monoisotopic (exact) mass is 263 g/mol. The Labute approximate surface area is 113 Å². The molecule has 1 rings (SSSR count). The lowest BCUT2D eigenvalue weighted by Gasteiger charge is -2.13. The van der Waals surface area contributed by atoms with Crippen molar-refractivity contribution in [3.8, 4) is 0 Å². The molecule has 0 fully saturated rings. The predicted molar refractivity (Wildman–Crippen MR) is 75.2 cm³/mol. The number of aliphatic carboxylic acids is 1. The highest BCUT2D eigenvalue weighted by atomic mass is 16.4. The average Bonchev–Trinajstić information content (AvgIpc) is 2.33. The summed E-state index contributed by atoms with van der Waals surface area (Å²) in [7, 11) is 0.